The van der Waals surface area contributed by atoms with E-state index in [-0.39, 0.29) is 6.61 Å². The SMILES string of the molecule is N#CCOc1cccnc1I. The van der Waals surface area contributed by atoms with Gasteiger partial charge in [-0.05, 0) is 34.7 Å². The Bertz CT molecular complexity index is 282. The van der Waals surface area contributed by atoms with Crippen molar-refractivity contribution in [1.82, 2.24) is 4.98 Å². The maximum Gasteiger partial charge on any atom is 0.174 e. The van der Waals surface area contributed by atoms with E-state index in [4.69, 9.17) is 10.00 Å². The number of nitrogens with zero attached hydrogens (tertiary/aromatic N) is 2. The van der Waals surface area contributed by atoms with Crippen LogP contribution in [0.25, 0.3) is 0 Å². The van der Waals surface area contributed by atoms with Crippen LogP contribution in [0.3, 0.4) is 0 Å². The molecule has 1 rings (SSSR count). The molecule has 0 fully saturated rings. The van der Waals surface area contributed by atoms with E-state index in [1.165, 1.54) is 0 Å². The van der Waals surface area contributed by atoms with Gasteiger partial charge in [0.25, 0.3) is 0 Å². The lowest BCUT2D eigenvalue weighted by atomic mass is 10.5. The zero-order valence-electron chi connectivity index (χ0n) is 5.62. The molecule has 0 saturated carbocycles. The molecule has 11 heavy (non-hydrogen) atoms. The van der Waals surface area contributed by atoms with Crippen LogP contribution in [0.2, 0.25) is 0 Å². The van der Waals surface area contributed by atoms with Crippen molar-refractivity contribution in [3.8, 4) is 11.8 Å². The Balaban J connectivity index is 2.71. The quantitative estimate of drug-likeness (QED) is 0.599. The lowest BCUT2D eigenvalue weighted by Gasteiger charge is -2.00. The maximum atomic E-state index is 8.22. The van der Waals surface area contributed by atoms with E-state index in [1.54, 1.807) is 18.3 Å². The van der Waals surface area contributed by atoms with Gasteiger partial charge in [0.05, 0.1) is 0 Å². The minimum atomic E-state index is 0.0711. The number of hydrogen-bond donors (Lipinski definition) is 0. The molecule has 1 aromatic rings. The Labute approximate surface area is 78.1 Å². The molecule has 0 radical (unpaired) electrons. The number of ether oxygens (including phenoxy) is 1. The zero-order chi connectivity index (χ0) is 8.10. The Morgan fingerprint density at radius 2 is 2.55 bits per heavy atom. The average molecular weight is 260 g/mol. The van der Waals surface area contributed by atoms with E-state index in [2.05, 4.69) is 27.6 Å². The summed E-state index contributed by atoms with van der Waals surface area (Å²) in [7, 11) is 0. The Hall–Kier alpha value is -0.830. The summed E-state index contributed by atoms with van der Waals surface area (Å²) in [5.74, 6) is 0.662. The third kappa shape index (κ3) is 2.35. The van der Waals surface area contributed by atoms with Gasteiger partial charge < -0.3 is 4.74 Å². The fraction of sp³-hybridized carbons (Fsp3) is 0.143. The van der Waals surface area contributed by atoms with Crippen molar-refractivity contribution >= 4 is 22.6 Å². The van der Waals surface area contributed by atoms with E-state index in [1.807, 2.05) is 6.07 Å². The van der Waals surface area contributed by atoms with Crippen LogP contribution in [0.5, 0.6) is 5.75 Å². The second-order valence-electron chi connectivity index (χ2n) is 1.74. The molecule has 56 valence electrons. The van der Waals surface area contributed by atoms with Gasteiger partial charge in [-0.15, -0.1) is 0 Å². The van der Waals surface area contributed by atoms with Crippen molar-refractivity contribution in [2.45, 2.75) is 0 Å². The molecule has 0 amide bonds. The molecule has 1 heterocycles. The minimum Gasteiger partial charge on any atom is -0.476 e. The highest BCUT2D eigenvalue weighted by molar-refractivity contribution is 14.1. The van der Waals surface area contributed by atoms with Crippen molar-refractivity contribution in [3.63, 3.8) is 0 Å². The molecule has 1 aromatic heterocycles. The molecule has 0 saturated heterocycles. The second-order valence-corrected chi connectivity index (χ2v) is 2.76. The molecule has 0 bridgehead atoms. The first-order valence-electron chi connectivity index (χ1n) is 2.95. The van der Waals surface area contributed by atoms with Gasteiger partial charge in [0, 0.05) is 6.20 Å². The topological polar surface area (TPSA) is 45.9 Å². The lowest BCUT2D eigenvalue weighted by molar-refractivity contribution is 0.363. The molecular weight excluding hydrogens is 255 g/mol. The third-order valence-electron chi connectivity index (χ3n) is 1.02. The van der Waals surface area contributed by atoms with Gasteiger partial charge >= 0.3 is 0 Å². The first-order valence-corrected chi connectivity index (χ1v) is 4.02. The zero-order valence-corrected chi connectivity index (χ0v) is 7.78. The normalized spacial score (nSPS) is 8.73. The van der Waals surface area contributed by atoms with Crippen molar-refractivity contribution in [3.05, 3.63) is 22.0 Å². The third-order valence-corrected chi connectivity index (χ3v) is 1.83. The Morgan fingerprint density at radius 1 is 1.73 bits per heavy atom. The number of halogens is 1. The molecule has 0 atom stereocenters. The largest absolute Gasteiger partial charge is 0.476 e. The maximum absolute atomic E-state index is 8.22. The summed E-state index contributed by atoms with van der Waals surface area (Å²) in [4.78, 5) is 3.98. The number of nitriles is 1. The smallest absolute Gasteiger partial charge is 0.174 e. The van der Waals surface area contributed by atoms with Crippen LogP contribution in [0.4, 0.5) is 0 Å². The van der Waals surface area contributed by atoms with Gasteiger partial charge in [0.2, 0.25) is 0 Å². The van der Waals surface area contributed by atoms with Crippen LogP contribution in [-0.2, 0) is 0 Å². The second kappa shape index (κ2) is 4.13. The fourth-order valence-electron chi connectivity index (χ4n) is 0.589. The first-order chi connectivity index (χ1) is 5.34. The van der Waals surface area contributed by atoms with Gasteiger partial charge in [-0.1, -0.05) is 0 Å². The Morgan fingerprint density at radius 3 is 3.18 bits per heavy atom. The summed E-state index contributed by atoms with van der Waals surface area (Å²) in [6.07, 6.45) is 1.68. The minimum absolute atomic E-state index is 0.0711. The first kappa shape index (κ1) is 8.27. The molecule has 4 heteroatoms. The lowest BCUT2D eigenvalue weighted by Crippen LogP contribution is -1.96. The summed E-state index contributed by atoms with van der Waals surface area (Å²) in [5.41, 5.74) is 0. The molecule has 0 spiro atoms. The number of hydrogen-bond acceptors (Lipinski definition) is 3. The fourth-order valence-corrected chi connectivity index (χ4v) is 1.09. The predicted molar refractivity (Wildman–Crippen MR) is 48.1 cm³/mol. The van der Waals surface area contributed by atoms with E-state index < -0.39 is 0 Å². The molecule has 0 N–H and O–H groups in total. The number of pyridine rings is 1. The van der Waals surface area contributed by atoms with Crippen LogP contribution < -0.4 is 4.74 Å². The number of rotatable bonds is 2. The molecular formula is C7H5IN2O. The summed E-state index contributed by atoms with van der Waals surface area (Å²) in [6.45, 7) is 0.0711. The average Bonchev–Trinajstić information content (AvgIpc) is 2.03. The summed E-state index contributed by atoms with van der Waals surface area (Å²) < 4.78 is 5.83. The van der Waals surface area contributed by atoms with Crippen molar-refractivity contribution in [2.75, 3.05) is 6.61 Å². The van der Waals surface area contributed by atoms with E-state index in [9.17, 15) is 0 Å². The van der Waals surface area contributed by atoms with Gasteiger partial charge in [0.1, 0.15) is 9.77 Å². The van der Waals surface area contributed by atoms with Crippen LogP contribution in [0.15, 0.2) is 18.3 Å². The van der Waals surface area contributed by atoms with Gasteiger partial charge in [-0.2, -0.15) is 5.26 Å². The molecule has 0 unspecified atom stereocenters. The van der Waals surface area contributed by atoms with Crippen molar-refractivity contribution in [2.24, 2.45) is 0 Å². The van der Waals surface area contributed by atoms with Crippen LogP contribution in [0, 0.1) is 15.0 Å². The number of aromatic nitrogens is 1. The van der Waals surface area contributed by atoms with Gasteiger partial charge in [-0.25, -0.2) is 4.98 Å². The van der Waals surface area contributed by atoms with Gasteiger partial charge in [-0.3, -0.25) is 0 Å². The summed E-state index contributed by atoms with van der Waals surface area (Å²) >= 11 is 2.05. The standard InChI is InChI=1S/C7H5IN2O/c8-7-6(11-5-3-9)2-1-4-10-7/h1-2,4H,5H2. The highest BCUT2D eigenvalue weighted by Crippen LogP contribution is 2.16. The van der Waals surface area contributed by atoms with E-state index >= 15 is 0 Å². The predicted octanol–water partition coefficient (Wildman–Crippen LogP) is 1.59. The molecule has 0 aliphatic rings. The van der Waals surface area contributed by atoms with Crippen LogP contribution >= 0.6 is 22.6 Å². The molecule has 0 aliphatic heterocycles. The molecule has 0 aromatic carbocycles. The summed E-state index contributed by atoms with van der Waals surface area (Å²) in [5, 5.41) is 8.22. The molecule has 3 nitrogen and oxygen atoms in total. The van der Waals surface area contributed by atoms with Crippen LogP contribution in [0.1, 0.15) is 0 Å². The Kier molecular flexibility index (Phi) is 3.11. The van der Waals surface area contributed by atoms with Crippen LogP contribution in [-0.4, -0.2) is 11.6 Å². The highest BCUT2D eigenvalue weighted by Gasteiger charge is 1.97. The van der Waals surface area contributed by atoms with Crippen molar-refractivity contribution in [1.29, 1.82) is 5.26 Å². The van der Waals surface area contributed by atoms with Crippen molar-refractivity contribution < 1.29 is 4.74 Å². The molecule has 0 aliphatic carbocycles. The van der Waals surface area contributed by atoms with E-state index in [0.717, 1.165) is 3.70 Å². The monoisotopic (exact) mass is 260 g/mol. The summed E-state index contributed by atoms with van der Waals surface area (Å²) in [6, 6.07) is 5.45. The highest BCUT2D eigenvalue weighted by atomic mass is 127. The van der Waals surface area contributed by atoms with Gasteiger partial charge in [0.15, 0.2) is 12.4 Å². The van der Waals surface area contributed by atoms with E-state index in [0.29, 0.717) is 5.75 Å².